The lowest BCUT2D eigenvalue weighted by Crippen LogP contribution is -2.19. The summed E-state index contributed by atoms with van der Waals surface area (Å²) < 4.78 is 0. The number of rotatable bonds is 3. The summed E-state index contributed by atoms with van der Waals surface area (Å²) in [6, 6.07) is 24.4. The second kappa shape index (κ2) is 10.2. The van der Waals surface area contributed by atoms with Crippen molar-refractivity contribution in [1.29, 1.82) is 0 Å². The quantitative estimate of drug-likeness (QED) is 0.363. The van der Waals surface area contributed by atoms with E-state index in [1.807, 2.05) is 0 Å². The summed E-state index contributed by atoms with van der Waals surface area (Å²) in [6.45, 7) is 0. The van der Waals surface area contributed by atoms with Crippen LogP contribution in [0.2, 0.25) is 0 Å². The molecule has 6 rings (SSSR count). The molecule has 0 amide bonds. The zero-order chi connectivity index (χ0) is 24.2. The van der Waals surface area contributed by atoms with Gasteiger partial charge in [-0.05, 0) is 57.0 Å². The minimum atomic E-state index is 0.285. The number of hydrogen-bond acceptors (Lipinski definition) is 0. The fourth-order valence-electron chi connectivity index (χ4n) is 5.64. The van der Waals surface area contributed by atoms with Crippen molar-refractivity contribution in [3.05, 3.63) is 162 Å². The van der Waals surface area contributed by atoms with Gasteiger partial charge in [-0.1, -0.05) is 146 Å². The van der Waals surface area contributed by atoms with E-state index in [1.54, 1.807) is 0 Å². The third-order valence-corrected chi connectivity index (χ3v) is 7.44. The molecule has 0 aliphatic heterocycles. The Morgan fingerprint density at radius 1 is 0.528 bits per heavy atom. The first-order valence-electron chi connectivity index (χ1n) is 12.9. The predicted octanol–water partition coefficient (Wildman–Crippen LogP) is 9.58. The second-order valence-corrected chi connectivity index (χ2v) is 9.60. The molecule has 3 aliphatic rings. The summed E-state index contributed by atoms with van der Waals surface area (Å²) in [5.74, 6) is 0.598. The van der Waals surface area contributed by atoms with Crippen molar-refractivity contribution >= 4 is 16.3 Å². The van der Waals surface area contributed by atoms with E-state index >= 15 is 0 Å². The van der Waals surface area contributed by atoms with Gasteiger partial charge in [-0.15, -0.1) is 0 Å². The van der Waals surface area contributed by atoms with Crippen molar-refractivity contribution in [2.75, 3.05) is 0 Å². The highest BCUT2D eigenvalue weighted by molar-refractivity contribution is 5.96. The molecule has 2 atom stereocenters. The van der Waals surface area contributed by atoms with Crippen molar-refractivity contribution in [2.45, 2.75) is 12.8 Å². The molecule has 0 saturated carbocycles. The van der Waals surface area contributed by atoms with Gasteiger partial charge in [-0.2, -0.15) is 0 Å². The largest absolute Gasteiger partial charge is 0.0842 e. The molecule has 0 heteroatoms. The van der Waals surface area contributed by atoms with E-state index in [4.69, 9.17) is 0 Å². The monoisotopic (exact) mass is 462 g/mol. The number of allylic oxidation sites excluding steroid dienone is 16. The first-order chi connectivity index (χ1) is 17.9. The fraction of sp³-hybridized carbons (Fsp3) is 0.111. The van der Waals surface area contributed by atoms with Gasteiger partial charge in [-0.25, -0.2) is 0 Å². The fourth-order valence-corrected chi connectivity index (χ4v) is 5.64. The average Bonchev–Trinajstić information content (AvgIpc) is 2.95. The summed E-state index contributed by atoms with van der Waals surface area (Å²) in [6.07, 6.45) is 31.4. The van der Waals surface area contributed by atoms with Crippen molar-refractivity contribution in [3.63, 3.8) is 0 Å². The molecule has 174 valence electrons. The van der Waals surface area contributed by atoms with Crippen LogP contribution in [0.3, 0.4) is 0 Å². The Morgan fingerprint density at radius 3 is 2.00 bits per heavy atom. The molecular formula is C36H30. The molecule has 3 aliphatic carbocycles. The Morgan fingerprint density at radius 2 is 1.22 bits per heavy atom. The first kappa shape index (κ1) is 22.3. The molecular weight excluding hydrogens is 432 g/mol. The Labute approximate surface area is 214 Å². The van der Waals surface area contributed by atoms with Gasteiger partial charge in [0.25, 0.3) is 0 Å². The zero-order valence-electron chi connectivity index (χ0n) is 20.4. The highest BCUT2D eigenvalue weighted by Gasteiger charge is 2.28. The second-order valence-electron chi connectivity index (χ2n) is 9.60. The standard InChI is InChI=1S/C36H30/c1-2-7-18-34(36-21-11-10-20-35(36)33(17-6-1)27-13-4-3-5-14-27)30-25-23-29(24-26-30)32-22-12-16-28-15-8-9-19-31(28)32/h1-4,6-13,15-26,35-36H,5,14H2. The van der Waals surface area contributed by atoms with Crippen LogP contribution in [0.4, 0.5) is 0 Å². The Kier molecular flexibility index (Phi) is 6.33. The van der Waals surface area contributed by atoms with Crippen LogP contribution in [0.15, 0.2) is 157 Å². The van der Waals surface area contributed by atoms with E-state index in [-0.39, 0.29) is 5.92 Å². The molecule has 0 fully saturated rings. The summed E-state index contributed by atoms with van der Waals surface area (Å²) >= 11 is 0. The number of fused-ring (bicyclic) bond motifs is 2. The minimum Gasteiger partial charge on any atom is -0.0842 e. The molecule has 0 aromatic heterocycles. The summed E-state index contributed by atoms with van der Waals surface area (Å²) in [7, 11) is 0. The maximum absolute atomic E-state index is 2.38. The van der Waals surface area contributed by atoms with Crippen molar-refractivity contribution in [3.8, 4) is 11.1 Å². The van der Waals surface area contributed by atoms with Crippen LogP contribution < -0.4 is 0 Å². The van der Waals surface area contributed by atoms with E-state index in [9.17, 15) is 0 Å². The van der Waals surface area contributed by atoms with Crippen molar-refractivity contribution in [2.24, 2.45) is 11.8 Å². The molecule has 3 aromatic carbocycles. The van der Waals surface area contributed by atoms with Crippen LogP contribution in [-0.4, -0.2) is 0 Å². The zero-order valence-corrected chi connectivity index (χ0v) is 20.4. The minimum absolute atomic E-state index is 0.285. The first-order valence-corrected chi connectivity index (χ1v) is 12.9. The van der Waals surface area contributed by atoms with E-state index in [0.717, 1.165) is 12.8 Å². The highest BCUT2D eigenvalue weighted by atomic mass is 14.3. The SMILES string of the molecule is C1=CC=C(C2=CC=CCC2)C2C=CC=CC2C(c2ccc(-c3cccc4ccccc34)cc2)=CC=C1. The maximum Gasteiger partial charge on any atom is 0.0131 e. The van der Waals surface area contributed by atoms with E-state index in [1.165, 1.54) is 44.2 Å². The molecule has 36 heavy (non-hydrogen) atoms. The van der Waals surface area contributed by atoms with E-state index < -0.39 is 0 Å². The molecule has 0 N–H and O–H groups in total. The molecule has 0 nitrogen and oxygen atoms in total. The van der Waals surface area contributed by atoms with Gasteiger partial charge in [0, 0.05) is 11.8 Å². The molecule has 0 spiro atoms. The van der Waals surface area contributed by atoms with Crippen LogP contribution in [0, 0.1) is 11.8 Å². The van der Waals surface area contributed by atoms with Gasteiger partial charge in [0.2, 0.25) is 0 Å². The molecule has 0 radical (unpaired) electrons. The molecule has 0 heterocycles. The lowest BCUT2D eigenvalue weighted by Gasteiger charge is -2.31. The average molecular weight is 463 g/mol. The van der Waals surface area contributed by atoms with E-state index in [0.29, 0.717) is 5.92 Å². The van der Waals surface area contributed by atoms with Crippen LogP contribution in [0.5, 0.6) is 0 Å². The smallest absolute Gasteiger partial charge is 0.0131 e. The molecule has 3 aromatic rings. The van der Waals surface area contributed by atoms with Crippen LogP contribution >= 0.6 is 0 Å². The maximum atomic E-state index is 2.38. The topological polar surface area (TPSA) is 0 Å². The van der Waals surface area contributed by atoms with Gasteiger partial charge in [0.15, 0.2) is 0 Å². The normalized spacial score (nSPS) is 21.1. The Balaban J connectivity index is 1.40. The van der Waals surface area contributed by atoms with Crippen molar-refractivity contribution < 1.29 is 0 Å². The van der Waals surface area contributed by atoms with Gasteiger partial charge < -0.3 is 0 Å². The lowest BCUT2D eigenvalue weighted by molar-refractivity contribution is 0.645. The predicted molar refractivity (Wildman–Crippen MR) is 155 cm³/mol. The summed E-state index contributed by atoms with van der Waals surface area (Å²) in [5.41, 5.74) is 8.05. The van der Waals surface area contributed by atoms with Crippen LogP contribution in [-0.2, 0) is 0 Å². The molecule has 2 unspecified atom stereocenters. The van der Waals surface area contributed by atoms with Crippen LogP contribution in [0.1, 0.15) is 18.4 Å². The van der Waals surface area contributed by atoms with Gasteiger partial charge in [0.05, 0.1) is 0 Å². The van der Waals surface area contributed by atoms with Crippen LogP contribution in [0.25, 0.3) is 27.5 Å². The molecule has 0 bridgehead atoms. The van der Waals surface area contributed by atoms with Gasteiger partial charge in [-0.3, -0.25) is 0 Å². The Hall–Kier alpha value is -4.16. The third kappa shape index (κ3) is 4.43. The summed E-state index contributed by atoms with van der Waals surface area (Å²) in [5, 5.41) is 2.57. The van der Waals surface area contributed by atoms with E-state index in [2.05, 4.69) is 146 Å². The third-order valence-electron chi connectivity index (χ3n) is 7.44. The van der Waals surface area contributed by atoms with Gasteiger partial charge in [0.1, 0.15) is 0 Å². The number of benzene rings is 3. The lowest BCUT2D eigenvalue weighted by atomic mass is 9.73. The number of hydrogen-bond donors (Lipinski definition) is 0. The molecule has 0 saturated heterocycles. The van der Waals surface area contributed by atoms with Crippen molar-refractivity contribution in [1.82, 2.24) is 0 Å². The highest BCUT2D eigenvalue weighted by Crippen LogP contribution is 2.42. The van der Waals surface area contributed by atoms with Gasteiger partial charge >= 0.3 is 0 Å². The summed E-state index contributed by atoms with van der Waals surface area (Å²) in [4.78, 5) is 0. The Bertz CT molecular complexity index is 1500.